The predicted octanol–water partition coefficient (Wildman–Crippen LogP) is -4.23. The fourth-order valence-corrected chi connectivity index (χ4v) is 6.47. The maximum atomic E-state index is 13.4. The van der Waals surface area contributed by atoms with Gasteiger partial charge in [0.1, 0.15) is 18.1 Å². The Bertz CT molecular complexity index is 1900. The first-order valence-electron chi connectivity index (χ1n) is 17.8. The highest BCUT2D eigenvalue weighted by atomic mass is 32.2. The van der Waals surface area contributed by atoms with Gasteiger partial charge in [-0.2, -0.15) is 12.6 Å². The van der Waals surface area contributed by atoms with Gasteiger partial charge in [-0.1, -0.05) is 16.6 Å². The Morgan fingerprint density at radius 3 is 2.03 bits per heavy atom. The molecule has 29 heteroatoms. The van der Waals surface area contributed by atoms with Gasteiger partial charge in [0, 0.05) is 37.9 Å². The molecule has 0 aliphatic carbocycles. The normalized spacial score (nSPS) is 13.2. The standard InChI is InChI=1S/C30H48N14O12S3/c31-28(32)34-9-4-6-18(25(52)38-20(12-24(50)51)26(53)35-17(14-45)15-57)37-27(54)19(11-23(48)49)36-21(46)7-1-2-10-44-13-16(40-43-44)5-3-8-22(47)39-29-41-42-30(58-29)59(33,55)56/h13,17-20,45,57H,1-12,14-15H2,(H,35,53)(H,36,46)(H,37,54)(H,38,52)(H,48,49)(H,50,51)(H4,31,32,34)(H2,33,55,56)(H,39,41,47)/t17-,18+,19+,20+/m1/s1. The first kappa shape index (κ1) is 49.6. The van der Waals surface area contributed by atoms with Crippen molar-refractivity contribution in [3.8, 4) is 0 Å². The van der Waals surface area contributed by atoms with E-state index in [4.69, 9.17) is 16.6 Å². The topological polar surface area (TPSA) is 421 Å². The van der Waals surface area contributed by atoms with E-state index in [1.807, 2.05) is 0 Å². The molecule has 4 atom stereocenters. The maximum Gasteiger partial charge on any atom is 0.305 e. The molecule has 59 heavy (non-hydrogen) atoms. The molecule has 328 valence electrons. The van der Waals surface area contributed by atoms with Gasteiger partial charge in [-0.3, -0.25) is 43.2 Å². The number of aryl methyl sites for hydroxylation is 2. The molecule has 26 nitrogen and oxygen atoms in total. The highest BCUT2D eigenvalue weighted by molar-refractivity contribution is 7.91. The fraction of sp³-hybridized carbons (Fsp3) is 0.600. The Hall–Kier alpha value is -5.52. The van der Waals surface area contributed by atoms with Crippen LogP contribution in [0.1, 0.15) is 63.5 Å². The molecule has 5 amide bonds. The van der Waals surface area contributed by atoms with Gasteiger partial charge in [-0.15, -0.1) is 15.3 Å². The molecule has 2 aromatic rings. The zero-order valence-electron chi connectivity index (χ0n) is 31.5. The number of hydrogen-bond acceptors (Lipinski definition) is 17. The number of amides is 5. The summed E-state index contributed by atoms with van der Waals surface area (Å²) in [7, 11) is -4.04. The highest BCUT2D eigenvalue weighted by Gasteiger charge is 2.32. The molecule has 0 aromatic carbocycles. The van der Waals surface area contributed by atoms with Crippen molar-refractivity contribution in [3.63, 3.8) is 0 Å². The molecule has 0 saturated heterocycles. The molecule has 2 heterocycles. The van der Waals surface area contributed by atoms with Gasteiger partial charge in [-0.05, 0) is 38.5 Å². The van der Waals surface area contributed by atoms with E-state index in [1.165, 1.54) is 4.68 Å². The number of thiol groups is 1. The minimum atomic E-state index is -4.04. The van der Waals surface area contributed by atoms with Gasteiger partial charge >= 0.3 is 11.9 Å². The fourth-order valence-electron chi connectivity index (χ4n) is 4.91. The van der Waals surface area contributed by atoms with Gasteiger partial charge in [0.2, 0.25) is 39.0 Å². The van der Waals surface area contributed by atoms with Crippen molar-refractivity contribution in [2.75, 3.05) is 24.2 Å². The lowest BCUT2D eigenvalue weighted by Gasteiger charge is -2.25. The third-order valence-corrected chi connectivity index (χ3v) is 10.4. The molecule has 0 aliphatic heterocycles. The second-order valence-electron chi connectivity index (χ2n) is 12.7. The van der Waals surface area contributed by atoms with Crippen LogP contribution in [0.15, 0.2) is 15.5 Å². The lowest BCUT2D eigenvalue weighted by Crippen LogP contribution is -2.58. The van der Waals surface area contributed by atoms with Gasteiger partial charge in [0.25, 0.3) is 10.0 Å². The number of aliphatic hydroxyl groups is 1. The number of nitrogens with two attached hydrogens (primary N) is 3. The molecule has 0 radical (unpaired) electrons. The van der Waals surface area contributed by atoms with Crippen molar-refractivity contribution < 1.29 is 57.3 Å². The Labute approximate surface area is 346 Å². The number of primary sulfonamides is 1. The zero-order chi connectivity index (χ0) is 44.1. The van der Waals surface area contributed by atoms with Crippen LogP contribution in [0.4, 0.5) is 5.13 Å². The summed E-state index contributed by atoms with van der Waals surface area (Å²) >= 11 is 4.61. The number of unbranched alkanes of at least 4 members (excludes halogenated alkanes) is 1. The van der Waals surface area contributed by atoms with E-state index >= 15 is 0 Å². The molecule has 0 bridgehead atoms. The molecular weight excluding hydrogens is 845 g/mol. The number of aliphatic imine (C=N–C) groups is 1. The molecule has 14 N–H and O–H groups in total. The third-order valence-electron chi connectivity index (χ3n) is 7.77. The van der Waals surface area contributed by atoms with E-state index in [1.54, 1.807) is 6.20 Å². The van der Waals surface area contributed by atoms with Gasteiger partial charge in [0.05, 0.1) is 31.2 Å². The Morgan fingerprint density at radius 2 is 1.44 bits per heavy atom. The number of aromatic nitrogens is 5. The van der Waals surface area contributed by atoms with Crippen molar-refractivity contribution in [1.82, 2.24) is 46.5 Å². The summed E-state index contributed by atoms with van der Waals surface area (Å²) in [4.78, 5) is 91.4. The first-order chi connectivity index (χ1) is 27.8. The number of carbonyl (C=O) groups excluding carboxylic acids is 5. The number of anilines is 1. The van der Waals surface area contributed by atoms with E-state index in [-0.39, 0.29) is 55.5 Å². The SMILES string of the molecule is NC(N)=NCCC[C@H](NC(=O)[C@H](CC(=O)O)NC(=O)CCCCn1cc(CCCC(=O)Nc2nnc(S(N)(=O)=O)s2)nn1)C(=O)N[C@@H](CC(=O)O)C(=O)N[C@H](CO)CS. The van der Waals surface area contributed by atoms with Crippen LogP contribution < -0.4 is 43.2 Å². The quantitative estimate of drug-likeness (QED) is 0.0127. The lowest BCUT2D eigenvalue weighted by molar-refractivity contribution is -0.141. The van der Waals surface area contributed by atoms with Crippen molar-refractivity contribution in [3.05, 3.63) is 11.9 Å². The molecule has 0 fully saturated rings. The minimum absolute atomic E-state index is 0.00330. The molecule has 2 rings (SSSR count). The lowest BCUT2D eigenvalue weighted by atomic mass is 10.1. The number of carboxylic acid groups (broad SMARTS) is 2. The Morgan fingerprint density at radius 1 is 0.831 bits per heavy atom. The molecular formula is C30H48N14O12S3. The number of guanidine groups is 1. The molecule has 0 unspecified atom stereocenters. The van der Waals surface area contributed by atoms with Gasteiger partial charge in [-0.25, -0.2) is 13.6 Å². The Kier molecular flexibility index (Phi) is 21.1. The average Bonchev–Trinajstić information content (AvgIpc) is 3.82. The predicted molar refractivity (Wildman–Crippen MR) is 210 cm³/mol. The molecule has 0 spiro atoms. The summed E-state index contributed by atoms with van der Waals surface area (Å²) in [6.07, 6.45) is 1.29. The highest BCUT2D eigenvalue weighted by Crippen LogP contribution is 2.19. The molecule has 0 saturated carbocycles. The van der Waals surface area contributed by atoms with E-state index < -0.39 is 99.5 Å². The summed E-state index contributed by atoms with van der Waals surface area (Å²) in [6, 6.07) is -5.60. The van der Waals surface area contributed by atoms with Crippen LogP contribution in [-0.4, -0.2) is 139 Å². The number of aliphatic carboxylic acids is 2. The number of nitrogens with one attached hydrogen (secondary N) is 5. The summed E-state index contributed by atoms with van der Waals surface area (Å²) in [5.41, 5.74) is 11.3. The van der Waals surface area contributed by atoms with Crippen LogP contribution in [0, 0.1) is 0 Å². The number of carboxylic acids is 2. The van der Waals surface area contributed by atoms with Crippen molar-refractivity contribution >= 4 is 86.6 Å². The van der Waals surface area contributed by atoms with E-state index in [9.17, 15) is 57.3 Å². The van der Waals surface area contributed by atoms with Crippen molar-refractivity contribution in [2.45, 2.75) is 99.3 Å². The maximum absolute atomic E-state index is 13.4. The van der Waals surface area contributed by atoms with Crippen LogP contribution >= 0.6 is 24.0 Å². The third kappa shape index (κ3) is 19.7. The second-order valence-corrected chi connectivity index (χ2v) is 15.8. The number of sulfonamides is 1. The number of nitrogens with zero attached hydrogens (tertiary/aromatic N) is 6. The zero-order valence-corrected chi connectivity index (χ0v) is 34.0. The monoisotopic (exact) mass is 892 g/mol. The minimum Gasteiger partial charge on any atom is -0.481 e. The average molecular weight is 893 g/mol. The van der Waals surface area contributed by atoms with Gasteiger partial charge in [0.15, 0.2) is 5.96 Å². The molecule has 0 aliphatic rings. The number of rotatable bonds is 28. The van der Waals surface area contributed by atoms with Crippen LogP contribution in [-0.2, 0) is 56.6 Å². The Balaban J connectivity index is 1.94. The van der Waals surface area contributed by atoms with Gasteiger partial charge < -0.3 is 53.4 Å². The summed E-state index contributed by atoms with van der Waals surface area (Å²) in [6.45, 7) is -0.174. The summed E-state index contributed by atoms with van der Waals surface area (Å²) in [5, 5.41) is 60.0. The number of carbonyl (C=O) groups is 7. The van der Waals surface area contributed by atoms with Crippen LogP contribution in [0.3, 0.4) is 0 Å². The van der Waals surface area contributed by atoms with Crippen LogP contribution in [0.25, 0.3) is 0 Å². The van der Waals surface area contributed by atoms with E-state index in [0.29, 0.717) is 42.8 Å². The van der Waals surface area contributed by atoms with E-state index in [0.717, 1.165) is 0 Å². The molecule has 2 aromatic heterocycles. The smallest absolute Gasteiger partial charge is 0.305 e. The van der Waals surface area contributed by atoms with Crippen LogP contribution in [0.2, 0.25) is 0 Å². The summed E-state index contributed by atoms with van der Waals surface area (Å²) < 4.78 is 23.7. The second kappa shape index (κ2) is 25.1. The number of hydrogen-bond donors (Lipinski definition) is 12. The number of aliphatic hydroxyl groups excluding tert-OH is 1. The van der Waals surface area contributed by atoms with Crippen molar-refractivity contribution in [1.29, 1.82) is 0 Å². The van der Waals surface area contributed by atoms with Crippen molar-refractivity contribution in [2.24, 2.45) is 21.6 Å². The van der Waals surface area contributed by atoms with E-state index in [2.05, 4.69) is 64.7 Å². The first-order valence-corrected chi connectivity index (χ1v) is 20.8. The summed E-state index contributed by atoms with van der Waals surface area (Å²) in [5.74, 6) is -7.26. The van der Waals surface area contributed by atoms with Crippen LogP contribution in [0.5, 0.6) is 0 Å². The largest absolute Gasteiger partial charge is 0.481 e.